The van der Waals surface area contributed by atoms with Gasteiger partial charge in [0.2, 0.25) is 5.91 Å². The van der Waals surface area contributed by atoms with Gasteiger partial charge >= 0.3 is 5.97 Å². The van der Waals surface area contributed by atoms with E-state index in [0.29, 0.717) is 13.0 Å². The maximum absolute atomic E-state index is 12.0. The number of nitrogens with one attached hydrogen (secondary N) is 1. The van der Waals surface area contributed by atoms with E-state index in [1.54, 1.807) is 0 Å². The molecule has 2 fully saturated rings. The molecule has 18 heavy (non-hydrogen) atoms. The second-order valence-electron chi connectivity index (χ2n) is 5.20. The summed E-state index contributed by atoms with van der Waals surface area (Å²) in [5.41, 5.74) is 0. The van der Waals surface area contributed by atoms with Crippen molar-refractivity contribution in [3.05, 3.63) is 0 Å². The Bertz CT molecular complexity index is 312. The second kappa shape index (κ2) is 6.18. The maximum Gasteiger partial charge on any atom is 0.308 e. The number of carboxylic acid groups (broad SMARTS) is 1. The normalized spacial score (nSPS) is 32.8. The molecule has 5 heteroatoms. The summed E-state index contributed by atoms with van der Waals surface area (Å²) in [5.74, 6) is -1.38. The van der Waals surface area contributed by atoms with Crippen LogP contribution in [-0.4, -0.2) is 35.7 Å². The fourth-order valence-corrected chi connectivity index (χ4v) is 2.84. The van der Waals surface area contributed by atoms with E-state index < -0.39 is 11.9 Å². The van der Waals surface area contributed by atoms with Crippen molar-refractivity contribution < 1.29 is 19.4 Å². The number of amides is 1. The Hall–Kier alpha value is -1.10. The Balaban J connectivity index is 1.95. The molecule has 1 saturated heterocycles. The number of carbonyl (C=O) groups excluding carboxylic acids is 1. The Labute approximate surface area is 107 Å². The van der Waals surface area contributed by atoms with Crippen molar-refractivity contribution in [3.8, 4) is 0 Å². The molecule has 3 atom stereocenters. The summed E-state index contributed by atoms with van der Waals surface area (Å²) < 4.78 is 5.32. The zero-order chi connectivity index (χ0) is 13.0. The van der Waals surface area contributed by atoms with Gasteiger partial charge in [0.15, 0.2) is 0 Å². The fraction of sp³-hybridized carbons (Fsp3) is 0.846. The van der Waals surface area contributed by atoms with Crippen molar-refractivity contribution in [2.75, 3.05) is 6.61 Å². The van der Waals surface area contributed by atoms with Crippen molar-refractivity contribution in [2.24, 2.45) is 5.92 Å². The minimum absolute atomic E-state index is 0.134. The molecule has 1 unspecified atom stereocenters. The van der Waals surface area contributed by atoms with Gasteiger partial charge in [-0.2, -0.15) is 0 Å². The zero-order valence-corrected chi connectivity index (χ0v) is 10.6. The highest BCUT2D eigenvalue weighted by atomic mass is 16.5. The Morgan fingerprint density at radius 3 is 2.50 bits per heavy atom. The van der Waals surface area contributed by atoms with Crippen LogP contribution in [0.5, 0.6) is 0 Å². The van der Waals surface area contributed by atoms with Crippen LogP contribution in [-0.2, 0) is 14.3 Å². The molecule has 0 bridgehead atoms. The Morgan fingerprint density at radius 1 is 1.06 bits per heavy atom. The molecule has 5 nitrogen and oxygen atoms in total. The van der Waals surface area contributed by atoms with E-state index in [1.807, 2.05) is 0 Å². The van der Waals surface area contributed by atoms with Crippen LogP contribution in [0.1, 0.15) is 44.9 Å². The predicted molar refractivity (Wildman–Crippen MR) is 65.1 cm³/mol. The quantitative estimate of drug-likeness (QED) is 0.746. The highest BCUT2D eigenvalue weighted by molar-refractivity contribution is 5.82. The van der Waals surface area contributed by atoms with Crippen LogP contribution in [0.15, 0.2) is 0 Å². The number of hydrogen-bond donors (Lipinski definition) is 2. The summed E-state index contributed by atoms with van der Waals surface area (Å²) in [6.07, 6.45) is 5.67. The maximum atomic E-state index is 12.0. The van der Waals surface area contributed by atoms with E-state index in [4.69, 9.17) is 4.74 Å². The molecule has 1 aliphatic carbocycles. The molecule has 0 aromatic heterocycles. The van der Waals surface area contributed by atoms with Crippen LogP contribution in [0, 0.1) is 5.92 Å². The van der Waals surface area contributed by atoms with Crippen molar-refractivity contribution in [2.45, 2.75) is 57.1 Å². The molecule has 1 amide bonds. The van der Waals surface area contributed by atoms with Gasteiger partial charge in [-0.1, -0.05) is 19.3 Å². The summed E-state index contributed by atoms with van der Waals surface area (Å²) in [5, 5.41) is 12.1. The first-order chi connectivity index (χ1) is 8.68. The van der Waals surface area contributed by atoms with Crippen LogP contribution >= 0.6 is 0 Å². The van der Waals surface area contributed by atoms with Crippen LogP contribution in [0.3, 0.4) is 0 Å². The summed E-state index contributed by atoms with van der Waals surface area (Å²) in [4.78, 5) is 23.2. The van der Waals surface area contributed by atoms with Crippen LogP contribution < -0.4 is 5.32 Å². The number of ether oxygens (including phenoxy) is 1. The van der Waals surface area contributed by atoms with Crippen LogP contribution in [0.4, 0.5) is 0 Å². The van der Waals surface area contributed by atoms with Crippen LogP contribution in [0.2, 0.25) is 0 Å². The first-order valence-corrected chi connectivity index (χ1v) is 6.83. The highest BCUT2D eigenvalue weighted by Gasteiger charge is 2.33. The molecule has 0 aromatic carbocycles. The predicted octanol–water partition coefficient (Wildman–Crippen LogP) is 1.32. The molecule has 0 spiro atoms. The SMILES string of the molecule is O=C(N[C@H]1CCCCC[C@H]1C(=O)O)C1CCCO1. The number of carbonyl (C=O) groups is 2. The minimum atomic E-state index is -0.797. The molecule has 0 aromatic rings. The Morgan fingerprint density at radius 2 is 1.83 bits per heavy atom. The zero-order valence-electron chi connectivity index (χ0n) is 10.6. The standard InChI is InChI=1S/C13H21NO4/c15-12(11-7-4-8-18-11)14-10-6-3-1-2-5-9(10)13(16)17/h9-11H,1-8H2,(H,14,15)(H,16,17)/t9-,10+,11?/m1/s1. The fourth-order valence-electron chi connectivity index (χ4n) is 2.84. The van der Waals surface area contributed by atoms with E-state index in [2.05, 4.69) is 5.32 Å². The van der Waals surface area contributed by atoms with Gasteiger partial charge in [0, 0.05) is 12.6 Å². The molecule has 1 saturated carbocycles. The number of hydrogen-bond acceptors (Lipinski definition) is 3. The first kappa shape index (κ1) is 13.3. The molecule has 2 rings (SSSR count). The van der Waals surface area contributed by atoms with Gasteiger partial charge in [-0.05, 0) is 25.7 Å². The first-order valence-electron chi connectivity index (χ1n) is 6.83. The van der Waals surface area contributed by atoms with E-state index >= 15 is 0 Å². The number of rotatable bonds is 3. The molecule has 0 radical (unpaired) electrons. The number of carboxylic acids is 1. The monoisotopic (exact) mass is 255 g/mol. The van der Waals surface area contributed by atoms with Gasteiger partial charge in [0.25, 0.3) is 0 Å². The topological polar surface area (TPSA) is 75.6 Å². The molecular formula is C13H21NO4. The van der Waals surface area contributed by atoms with Gasteiger partial charge in [-0.25, -0.2) is 0 Å². The summed E-state index contributed by atoms with van der Waals surface area (Å²) >= 11 is 0. The lowest BCUT2D eigenvalue weighted by Gasteiger charge is -2.24. The lowest BCUT2D eigenvalue weighted by molar-refractivity contribution is -0.143. The van der Waals surface area contributed by atoms with Gasteiger partial charge in [-0.3, -0.25) is 9.59 Å². The molecule has 1 aliphatic heterocycles. The average Bonchev–Trinajstić information content (AvgIpc) is 2.77. The minimum Gasteiger partial charge on any atom is -0.481 e. The van der Waals surface area contributed by atoms with E-state index in [-0.39, 0.29) is 18.1 Å². The van der Waals surface area contributed by atoms with Crippen molar-refractivity contribution in [1.29, 1.82) is 0 Å². The summed E-state index contributed by atoms with van der Waals surface area (Å²) in [7, 11) is 0. The second-order valence-corrected chi connectivity index (χ2v) is 5.20. The summed E-state index contributed by atoms with van der Waals surface area (Å²) in [6, 6.07) is -0.235. The van der Waals surface area contributed by atoms with Gasteiger partial charge in [-0.15, -0.1) is 0 Å². The molecule has 102 valence electrons. The third-order valence-electron chi connectivity index (χ3n) is 3.88. The molecule has 2 aliphatic rings. The Kier molecular flexibility index (Phi) is 4.58. The molecule has 2 N–H and O–H groups in total. The van der Waals surface area contributed by atoms with Crippen molar-refractivity contribution >= 4 is 11.9 Å². The highest BCUT2D eigenvalue weighted by Crippen LogP contribution is 2.24. The van der Waals surface area contributed by atoms with Crippen LogP contribution in [0.25, 0.3) is 0 Å². The summed E-state index contributed by atoms with van der Waals surface area (Å²) in [6.45, 7) is 0.630. The molecular weight excluding hydrogens is 234 g/mol. The van der Waals surface area contributed by atoms with Crippen molar-refractivity contribution in [1.82, 2.24) is 5.32 Å². The van der Waals surface area contributed by atoms with E-state index in [0.717, 1.165) is 38.5 Å². The largest absolute Gasteiger partial charge is 0.481 e. The van der Waals surface area contributed by atoms with Crippen molar-refractivity contribution in [3.63, 3.8) is 0 Å². The third-order valence-corrected chi connectivity index (χ3v) is 3.88. The van der Waals surface area contributed by atoms with E-state index in [9.17, 15) is 14.7 Å². The molecule has 1 heterocycles. The van der Waals surface area contributed by atoms with Gasteiger partial charge < -0.3 is 15.2 Å². The van der Waals surface area contributed by atoms with E-state index in [1.165, 1.54) is 0 Å². The smallest absolute Gasteiger partial charge is 0.308 e. The van der Waals surface area contributed by atoms with Gasteiger partial charge in [0.05, 0.1) is 5.92 Å². The van der Waals surface area contributed by atoms with Gasteiger partial charge in [0.1, 0.15) is 6.10 Å². The average molecular weight is 255 g/mol. The lowest BCUT2D eigenvalue weighted by Crippen LogP contribution is -2.46. The number of aliphatic carboxylic acids is 1. The lowest BCUT2D eigenvalue weighted by atomic mass is 9.94. The third kappa shape index (κ3) is 3.22.